The van der Waals surface area contributed by atoms with Crippen molar-refractivity contribution in [1.82, 2.24) is 0 Å². The zero-order chi connectivity index (χ0) is 16.9. The smallest absolute Gasteiger partial charge is 0.320 e. The van der Waals surface area contributed by atoms with Crippen molar-refractivity contribution in [3.05, 3.63) is 84.4 Å². The van der Waals surface area contributed by atoms with Crippen molar-refractivity contribution in [3.8, 4) is 22.3 Å². The van der Waals surface area contributed by atoms with Gasteiger partial charge in [0.2, 0.25) is 0 Å². The van der Waals surface area contributed by atoms with Crippen molar-refractivity contribution in [2.24, 2.45) is 5.73 Å². The number of aliphatic carboxylic acids is 1. The van der Waals surface area contributed by atoms with Gasteiger partial charge in [-0.15, -0.1) is 0 Å². The summed E-state index contributed by atoms with van der Waals surface area (Å²) in [6.45, 7) is 0. The van der Waals surface area contributed by atoms with E-state index in [0.717, 1.165) is 16.7 Å². The maximum Gasteiger partial charge on any atom is 0.320 e. The van der Waals surface area contributed by atoms with E-state index in [1.54, 1.807) is 0 Å². The van der Waals surface area contributed by atoms with Gasteiger partial charge in [-0.25, -0.2) is 0 Å². The normalized spacial score (nSPS) is 11.9. The second-order valence-electron chi connectivity index (χ2n) is 5.76. The first-order valence-corrected chi connectivity index (χ1v) is 7.87. The highest BCUT2D eigenvalue weighted by Gasteiger charge is 2.12. The Morgan fingerprint density at radius 1 is 0.792 bits per heavy atom. The molecule has 3 rings (SSSR count). The Morgan fingerprint density at radius 3 is 1.83 bits per heavy atom. The monoisotopic (exact) mass is 317 g/mol. The molecule has 0 saturated carbocycles. The summed E-state index contributed by atoms with van der Waals surface area (Å²) in [5.74, 6) is -0.978. The average molecular weight is 317 g/mol. The first-order chi connectivity index (χ1) is 11.6. The summed E-state index contributed by atoms with van der Waals surface area (Å²) in [5.41, 5.74) is 11.1. The van der Waals surface area contributed by atoms with Crippen molar-refractivity contribution in [1.29, 1.82) is 0 Å². The average Bonchev–Trinajstić information content (AvgIpc) is 2.63. The molecule has 0 aliphatic carbocycles. The Hall–Kier alpha value is -2.91. The lowest BCUT2D eigenvalue weighted by atomic mass is 9.93. The molecule has 0 aliphatic rings. The summed E-state index contributed by atoms with van der Waals surface area (Å²) in [7, 11) is 0. The number of nitrogens with two attached hydrogens (primary N) is 1. The lowest BCUT2D eigenvalue weighted by Gasteiger charge is -2.11. The third-order valence-electron chi connectivity index (χ3n) is 4.05. The van der Waals surface area contributed by atoms with Crippen molar-refractivity contribution < 1.29 is 9.90 Å². The van der Waals surface area contributed by atoms with Crippen LogP contribution in [0.15, 0.2) is 78.9 Å². The molecular formula is C21H19NO2. The van der Waals surface area contributed by atoms with Gasteiger partial charge >= 0.3 is 5.97 Å². The van der Waals surface area contributed by atoms with Crippen LogP contribution in [0.1, 0.15) is 5.56 Å². The molecule has 0 heterocycles. The number of benzene rings is 3. The molecule has 0 saturated heterocycles. The van der Waals surface area contributed by atoms with E-state index in [9.17, 15) is 4.79 Å². The number of carbonyl (C=O) groups is 1. The Kier molecular flexibility index (Phi) is 4.73. The minimum atomic E-state index is -0.978. The van der Waals surface area contributed by atoms with Crippen LogP contribution in [0, 0.1) is 0 Å². The van der Waals surface area contributed by atoms with Gasteiger partial charge in [0.1, 0.15) is 6.04 Å². The lowest BCUT2D eigenvalue weighted by Crippen LogP contribution is -2.32. The van der Waals surface area contributed by atoms with E-state index < -0.39 is 12.0 Å². The Morgan fingerprint density at radius 2 is 1.29 bits per heavy atom. The molecule has 3 aromatic carbocycles. The fraction of sp³-hybridized carbons (Fsp3) is 0.0952. The van der Waals surface area contributed by atoms with Crippen LogP contribution in [-0.4, -0.2) is 17.1 Å². The van der Waals surface area contributed by atoms with Gasteiger partial charge in [-0.2, -0.15) is 0 Å². The number of carboxylic acids is 1. The molecule has 0 bridgehead atoms. The molecule has 0 fully saturated rings. The van der Waals surface area contributed by atoms with Crippen LogP contribution in [0.3, 0.4) is 0 Å². The van der Waals surface area contributed by atoms with Crippen LogP contribution in [0.5, 0.6) is 0 Å². The zero-order valence-electron chi connectivity index (χ0n) is 13.2. The Labute approximate surface area is 141 Å². The van der Waals surface area contributed by atoms with E-state index in [1.165, 1.54) is 11.1 Å². The highest BCUT2D eigenvalue weighted by atomic mass is 16.4. The maximum absolute atomic E-state index is 10.9. The van der Waals surface area contributed by atoms with Gasteiger partial charge in [0.05, 0.1) is 0 Å². The number of hydrogen-bond donors (Lipinski definition) is 2. The Bertz CT molecular complexity index is 826. The fourth-order valence-corrected chi connectivity index (χ4v) is 2.77. The number of carboxylic acid groups (broad SMARTS) is 1. The maximum atomic E-state index is 10.9. The zero-order valence-corrected chi connectivity index (χ0v) is 13.2. The molecule has 3 aromatic rings. The molecule has 24 heavy (non-hydrogen) atoms. The van der Waals surface area contributed by atoms with Crippen molar-refractivity contribution in [3.63, 3.8) is 0 Å². The molecule has 0 radical (unpaired) electrons. The van der Waals surface area contributed by atoms with Gasteiger partial charge in [0.25, 0.3) is 0 Å². The molecule has 0 aromatic heterocycles. The first kappa shape index (κ1) is 16.0. The molecule has 120 valence electrons. The van der Waals surface area contributed by atoms with E-state index >= 15 is 0 Å². The van der Waals surface area contributed by atoms with Gasteiger partial charge in [-0.1, -0.05) is 78.9 Å². The van der Waals surface area contributed by atoms with Crippen LogP contribution in [-0.2, 0) is 11.2 Å². The van der Waals surface area contributed by atoms with Crippen molar-refractivity contribution >= 4 is 5.97 Å². The Balaban J connectivity index is 1.92. The highest BCUT2D eigenvalue weighted by molar-refractivity contribution is 5.83. The van der Waals surface area contributed by atoms with Gasteiger partial charge in [-0.05, 0) is 34.2 Å². The topological polar surface area (TPSA) is 63.3 Å². The highest BCUT2D eigenvalue weighted by Crippen LogP contribution is 2.31. The first-order valence-electron chi connectivity index (χ1n) is 7.87. The molecule has 0 spiro atoms. The van der Waals surface area contributed by atoms with Gasteiger partial charge in [-0.3, -0.25) is 4.79 Å². The molecule has 3 heteroatoms. The van der Waals surface area contributed by atoms with E-state index in [-0.39, 0.29) is 0 Å². The minimum absolute atomic E-state index is 0.329. The standard InChI is InChI=1S/C21H19NO2/c22-20(21(23)24)14-15-10-12-17(13-11-15)19-9-5-4-8-18(19)16-6-2-1-3-7-16/h1-13,20H,14,22H2,(H,23,24). The van der Waals surface area contributed by atoms with Gasteiger partial charge < -0.3 is 10.8 Å². The summed E-state index contributed by atoms with van der Waals surface area (Å²) in [6.07, 6.45) is 0.329. The van der Waals surface area contributed by atoms with E-state index in [1.807, 2.05) is 54.6 Å². The predicted molar refractivity (Wildman–Crippen MR) is 96.6 cm³/mol. The molecule has 3 N–H and O–H groups in total. The van der Waals surface area contributed by atoms with Crippen LogP contribution < -0.4 is 5.73 Å². The van der Waals surface area contributed by atoms with Crippen molar-refractivity contribution in [2.75, 3.05) is 0 Å². The van der Waals surface area contributed by atoms with Crippen LogP contribution >= 0.6 is 0 Å². The summed E-state index contributed by atoms with van der Waals surface area (Å²) in [6, 6.07) is 25.6. The summed E-state index contributed by atoms with van der Waals surface area (Å²) in [5, 5.41) is 8.91. The number of hydrogen-bond acceptors (Lipinski definition) is 2. The second kappa shape index (κ2) is 7.11. The molecule has 0 aliphatic heterocycles. The van der Waals surface area contributed by atoms with E-state index in [4.69, 9.17) is 10.8 Å². The molecule has 0 amide bonds. The third kappa shape index (κ3) is 3.53. The van der Waals surface area contributed by atoms with Crippen LogP contribution in [0.4, 0.5) is 0 Å². The number of rotatable bonds is 5. The van der Waals surface area contributed by atoms with Gasteiger partial charge in [0, 0.05) is 0 Å². The SMILES string of the molecule is NC(Cc1ccc(-c2ccccc2-c2ccccc2)cc1)C(=O)O. The predicted octanol–water partition coefficient (Wildman–Crippen LogP) is 3.98. The minimum Gasteiger partial charge on any atom is -0.480 e. The fourth-order valence-electron chi connectivity index (χ4n) is 2.77. The van der Waals surface area contributed by atoms with Gasteiger partial charge in [0.15, 0.2) is 0 Å². The molecule has 3 nitrogen and oxygen atoms in total. The summed E-state index contributed by atoms with van der Waals surface area (Å²) < 4.78 is 0. The van der Waals surface area contributed by atoms with E-state index in [2.05, 4.69) is 24.3 Å². The summed E-state index contributed by atoms with van der Waals surface area (Å²) >= 11 is 0. The molecule has 1 unspecified atom stereocenters. The second-order valence-corrected chi connectivity index (χ2v) is 5.76. The molecule has 1 atom stereocenters. The van der Waals surface area contributed by atoms with Crippen molar-refractivity contribution in [2.45, 2.75) is 12.5 Å². The largest absolute Gasteiger partial charge is 0.480 e. The molecular weight excluding hydrogens is 298 g/mol. The summed E-state index contributed by atoms with van der Waals surface area (Å²) in [4.78, 5) is 10.9. The quantitative estimate of drug-likeness (QED) is 0.748. The third-order valence-corrected chi connectivity index (χ3v) is 4.05. The van der Waals surface area contributed by atoms with Crippen LogP contribution in [0.2, 0.25) is 0 Å². The van der Waals surface area contributed by atoms with Crippen LogP contribution in [0.25, 0.3) is 22.3 Å². The lowest BCUT2D eigenvalue weighted by molar-refractivity contribution is -0.138. The van der Waals surface area contributed by atoms with E-state index in [0.29, 0.717) is 6.42 Å².